The molecule has 1 heterocycles. The summed E-state index contributed by atoms with van der Waals surface area (Å²) in [5, 5.41) is 0.378. The molecule has 0 atom stereocenters. The molecule has 0 spiro atoms. The van der Waals surface area contributed by atoms with Crippen LogP contribution in [-0.2, 0) is 10.0 Å². The summed E-state index contributed by atoms with van der Waals surface area (Å²) in [7, 11) is -3.68. The van der Waals surface area contributed by atoms with Gasteiger partial charge in [-0.3, -0.25) is 0 Å². The Hall–Kier alpha value is 0.270. The second-order valence-electron chi connectivity index (χ2n) is 4.80. The topological polar surface area (TPSA) is 72.2 Å². The highest BCUT2D eigenvalue weighted by Crippen LogP contribution is 2.36. The Morgan fingerprint density at radius 3 is 2.50 bits per heavy atom. The monoisotopic (exact) mass is 416 g/mol. The summed E-state index contributed by atoms with van der Waals surface area (Å²) in [5.74, 6) is 0. The molecule has 0 aliphatic heterocycles. The van der Waals surface area contributed by atoms with Crippen molar-refractivity contribution in [1.82, 2.24) is 4.72 Å². The molecule has 0 aromatic carbocycles. The van der Waals surface area contributed by atoms with E-state index >= 15 is 0 Å². The molecular formula is C11H14BrClN2O2S3. The SMILES string of the molecule is NC(=S)C1(NS(=O)(=O)c2cc(Cl)c(Br)s2)CCCCC1. The van der Waals surface area contributed by atoms with Crippen molar-refractivity contribution < 1.29 is 8.42 Å². The molecule has 1 fully saturated rings. The smallest absolute Gasteiger partial charge is 0.251 e. The first kappa shape index (κ1) is 16.6. The number of nitrogens with one attached hydrogen (secondary N) is 1. The summed E-state index contributed by atoms with van der Waals surface area (Å²) in [6, 6.07) is 1.43. The fourth-order valence-electron chi connectivity index (χ4n) is 2.32. The molecule has 1 aromatic heterocycles. The van der Waals surface area contributed by atoms with E-state index in [1.54, 1.807) is 0 Å². The third-order valence-corrected chi connectivity index (χ3v) is 8.27. The molecule has 1 aliphatic rings. The van der Waals surface area contributed by atoms with Gasteiger partial charge in [0.2, 0.25) is 0 Å². The van der Waals surface area contributed by atoms with E-state index in [1.807, 2.05) is 0 Å². The van der Waals surface area contributed by atoms with Gasteiger partial charge in [-0.1, -0.05) is 43.1 Å². The van der Waals surface area contributed by atoms with Crippen molar-refractivity contribution >= 4 is 66.1 Å². The first-order valence-electron chi connectivity index (χ1n) is 6.06. The zero-order valence-electron chi connectivity index (χ0n) is 10.5. The maximum absolute atomic E-state index is 12.5. The number of rotatable bonds is 4. The normalized spacial score (nSPS) is 18.9. The van der Waals surface area contributed by atoms with Crippen LogP contribution in [0.4, 0.5) is 0 Å². The van der Waals surface area contributed by atoms with Crippen LogP contribution in [0.5, 0.6) is 0 Å². The Kier molecular flexibility index (Phi) is 5.14. The van der Waals surface area contributed by atoms with E-state index in [-0.39, 0.29) is 9.20 Å². The predicted octanol–water partition coefficient (Wildman–Crippen LogP) is 3.43. The molecule has 4 nitrogen and oxygen atoms in total. The Labute approximate surface area is 141 Å². The molecule has 0 radical (unpaired) electrons. The van der Waals surface area contributed by atoms with Crippen molar-refractivity contribution in [3.8, 4) is 0 Å². The summed E-state index contributed by atoms with van der Waals surface area (Å²) < 4.78 is 28.4. The van der Waals surface area contributed by atoms with E-state index in [0.717, 1.165) is 30.6 Å². The van der Waals surface area contributed by atoms with Crippen LogP contribution in [0.3, 0.4) is 0 Å². The molecule has 2 rings (SSSR count). The second-order valence-corrected chi connectivity index (χ2v) is 9.93. The van der Waals surface area contributed by atoms with E-state index < -0.39 is 15.6 Å². The van der Waals surface area contributed by atoms with Crippen molar-refractivity contribution in [2.24, 2.45) is 5.73 Å². The van der Waals surface area contributed by atoms with E-state index in [1.165, 1.54) is 6.07 Å². The van der Waals surface area contributed by atoms with Crippen molar-refractivity contribution in [3.63, 3.8) is 0 Å². The van der Waals surface area contributed by atoms with Crippen LogP contribution >= 0.6 is 51.1 Å². The van der Waals surface area contributed by atoms with Crippen molar-refractivity contribution in [2.75, 3.05) is 0 Å². The van der Waals surface area contributed by atoms with Crippen LogP contribution in [0.25, 0.3) is 0 Å². The number of halogens is 2. The Morgan fingerprint density at radius 2 is 2.05 bits per heavy atom. The number of sulfonamides is 1. The first-order chi connectivity index (χ1) is 9.27. The molecule has 0 unspecified atom stereocenters. The van der Waals surface area contributed by atoms with E-state index in [0.29, 0.717) is 21.7 Å². The van der Waals surface area contributed by atoms with Crippen LogP contribution in [-0.4, -0.2) is 18.9 Å². The second kappa shape index (κ2) is 6.18. The molecule has 0 saturated heterocycles. The highest BCUT2D eigenvalue weighted by Gasteiger charge is 2.39. The molecular weight excluding hydrogens is 404 g/mol. The van der Waals surface area contributed by atoms with Crippen LogP contribution in [0.15, 0.2) is 14.1 Å². The Bertz CT molecular complexity index is 604. The van der Waals surface area contributed by atoms with E-state index in [2.05, 4.69) is 20.7 Å². The fraction of sp³-hybridized carbons (Fsp3) is 0.545. The first-order valence-corrected chi connectivity index (χ1v) is 9.93. The number of nitrogens with two attached hydrogens (primary N) is 1. The Morgan fingerprint density at radius 1 is 1.45 bits per heavy atom. The third kappa shape index (κ3) is 3.36. The lowest BCUT2D eigenvalue weighted by atomic mass is 9.82. The number of thiophene rings is 1. The third-order valence-electron chi connectivity index (χ3n) is 3.40. The minimum atomic E-state index is -3.68. The minimum absolute atomic E-state index is 0.163. The lowest BCUT2D eigenvalue weighted by molar-refractivity contribution is 0.353. The van der Waals surface area contributed by atoms with Crippen LogP contribution in [0.1, 0.15) is 32.1 Å². The van der Waals surface area contributed by atoms with Gasteiger partial charge in [0.05, 0.1) is 19.3 Å². The standard InChI is InChI=1S/C11H14BrClN2O2S3/c12-9-7(13)6-8(19-9)20(16,17)15-11(10(14)18)4-2-1-3-5-11/h6,15H,1-5H2,(H2,14,18). The van der Waals surface area contributed by atoms with Crippen LogP contribution in [0.2, 0.25) is 5.02 Å². The molecule has 9 heteroatoms. The van der Waals surface area contributed by atoms with Gasteiger partial charge in [-0.2, -0.15) is 4.72 Å². The van der Waals surface area contributed by atoms with Gasteiger partial charge in [0, 0.05) is 0 Å². The molecule has 0 amide bonds. The van der Waals surface area contributed by atoms with Crippen molar-refractivity contribution in [1.29, 1.82) is 0 Å². The number of hydrogen-bond acceptors (Lipinski definition) is 4. The number of thiocarbonyl (C=S) groups is 1. The summed E-state index contributed by atoms with van der Waals surface area (Å²) in [6.45, 7) is 0. The van der Waals surface area contributed by atoms with Gasteiger partial charge >= 0.3 is 0 Å². The largest absolute Gasteiger partial charge is 0.392 e. The quantitative estimate of drug-likeness (QED) is 0.736. The highest BCUT2D eigenvalue weighted by molar-refractivity contribution is 9.11. The summed E-state index contributed by atoms with van der Waals surface area (Å²) in [4.78, 5) is 0.211. The zero-order chi connectivity index (χ0) is 15.0. The summed E-state index contributed by atoms with van der Waals surface area (Å²) in [6.07, 6.45) is 4.18. The maximum Gasteiger partial charge on any atom is 0.251 e. The fourth-order valence-corrected chi connectivity index (χ4v) is 6.48. The molecule has 1 aliphatic carbocycles. The molecule has 1 saturated carbocycles. The average Bonchev–Trinajstić information content (AvgIpc) is 2.71. The van der Waals surface area contributed by atoms with Crippen molar-refractivity contribution in [3.05, 3.63) is 14.9 Å². The lowest BCUT2D eigenvalue weighted by Gasteiger charge is -2.36. The Balaban J connectivity index is 2.32. The predicted molar refractivity (Wildman–Crippen MR) is 90.0 cm³/mol. The molecule has 0 bridgehead atoms. The summed E-state index contributed by atoms with van der Waals surface area (Å²) >= 11 is 15.3. The van der Waals surface area contributed by atoms with Crippen LogP contribution in [0, 0.1) is 0 Å². The molecule has 20 heavy (non-hydrogen) atoms. The average molecular weight is 418 g/mol. The highest BCUT2D eigenvalue weighted by atomic mass is 79.9. The summed E-state index contributed by atoms with van der Waals surface area (Å²) in [5.41, 5.74) is 4.98. The van der Waals surface area contributed by atoms with Gasteiger partial charge in [-0.25, -0.2) is 8.42 Å². The maximum atomic E-state index is 12.5. The van der Waals surface area contributed by atoms with Gasteiger partial charge < -0.3 is 5.73 Å². The van der Waals surface area contributed by atoms with Gasteiger partial charge in [0.1, 0.15) is 4.21 Å². The molecule has 112 valence electrons. The number of hydrogen-bond donors (Lipinski definition) is 2. The molecule has 1 aromatic rings. The van der Waals surface area contributed by atoms with Crippen molar-refractivity contribution in [2.45, 2.75) is 41.9 Å². The van der Waals surface area contributed by atoms with Gasteiger partial charge in [-0.15, -0.1) is 11.3 Å². The molecule has 3 N–H and O–H groups in total. The van der Waals surface area contributed by atoms with Gasteiger partial charge in [0.15, 0.2) is 0 Å². The zero-order valence-corrected chi connectivity index (χ0v) is 15.3. The van der Waals surface area contributed by atoms with E-state index in [4.69, 9.17) is 29.6 Å². The van der Waals surface area contributed by atoms with E-state index in [9.17, 15) is 8.42 Å². The van der Waals surface area contributed by atoms with Crippen LogP contribution < -0.4 is 10.5 Å². The lowest BCUT2D eigenvalue weighted by Crippen LogP contribution is -2.57. The van der Waals surface area contributed by atoms with Gasteiger partial charge in [0.25, 0.3) is 10.0 Å². The van der Waals surface area contributed by atoms with Gasteiger partial charge in [-0.05, 0) is 34.8 Å². The minimum Gasteiger partial charge on any atom is -0.392 e.